The van der Waals surface area contributed by atoms with Crippen molar-refractivity contribution in [2.75, 3.05) is 38.3 Å². The topological polar surface area (TPSA) is 47.5 Å². The number of morpholine rings is 1. The molecule has 0 aliphatic carbocycles. The maximum Gasteiger partial charge on any atom is 0.215 e. The Hall–Kier alpha value is -2.14. The summed E-state index contributed by atoms with van der Waals surface area (Å²) in [7, 11) is 1.62. The lowest BCUT2D eigenvalue weighted by atomic mass is 10.3. The Morgan fingerprint density at radius 3 is 2.41 bits per heavy atom. The molecule has 1 saturated heterocycles. The summed E-state index contributed by atoms with van der Waals surface area (Å²) >= 11 is 0. The molecule has 3 heterocycles. The van der Waals surface area contributed by atoms with E-state index in [0.717, 1.165) is 37.7 Å². The van der Waals surface area contributed by atoms with Crippen molar-refractivity contribution in [1.82, 2.24) is 9.97 Å². The predicted octanol–water partition coefficient (Wildman–Crippen LogP) is 2.63. The molecule has 1 aliphatic rings. The summed E-state index contributed by atoms with van der Waals surface area (Å²) in [6.45, 7) is 7.55. The van der Waals surface area contributed by atoms with E-state index in [-0.39, 0.29) is 0 Å². The number of ether oxygens (including phenoxy) is 2. The van der Waals surface area contributed by atoms with E-state index in [1.165, 1.54) is 5.56 Å². The molecule has 5 heteroatoms. The number of anilines is 1. The third-order valence-corrected chi connectivity index (χ3v) is 3.39. The van der Waals surface area contributed by atoms with Crippen molar-refractivity contribution < 1.29 is 9.47 Å². The number of pyridine rings is 2. The average Bonchev–Trinajstić information content (AvgIpc) is 2.57. The molecule has 0 bridgehead atoms. The van der Waals surface area contributed by atoms with Crippen LogP contribution in [0.15, 0.2) is 36.7 Å². The van der Waals surface area contributed by atoms with E-state index in [9.17, 15) is 0 Å². The summed E-state index contributed by atoms with van der Waals surface area (Å²) in [6, 6.07) is 8.02. The van der Waals surface area contributed by atoms with Crippen molar-refractivity contribution in [3.8, 4) is 5.88 Å². The van der Waals surface area contributed by atoms with Gasteiger partial charge in [0.15, 0.2) is 0 Å². The fraction of sp³-hybridized carbons (Fsp3) is 0.412. The zero-order chi connectivity index (χ0) is 15.8. The zero-order valence-electron chi connectivity index (χ0n) is 13.5. The second kappa shape index (κ2) is 8.34. The average molecular weight is 301 g/mol. The van der Waals surface area contributed by atoms with Gasteiger partial charge < -0.3 is 14.4 Å². The summed E-state index contributed by atoms with van der Waals surface area (Å²) in [5.41, 5.74) is 2.28. The standard InChI is InChI=1S/C10H14N2O.C7H9NO/c1-9-2-3-10(11-8-9)12-4-6-13-7-5-12;1-6-4-3-5-8-7(6)9-2/h2-3,8H,4-7H2,1H3;3-5H,1-2H3. The van der Waals surface area contributed by atoms with E-state index >= 15 is 0 Å². The second-order valence-corrected chi connectivity index (χ2v) is 5.12. The number of hydrogen-bond acceptors (Lipinski definition) is 5. The smallest absolute Gasteiger partial charge is 0.215 e. The van der Waals surface area contributed by atoms with E-state index in [4.69, 9.17) is 9.47 Å². The van der Waals surface area contributed by atoms with E-state index < -0.39 is 0 Å². The minimum Gasteiger partial charge on any atom is -0.481 e. The van der Waals surface area contributed by atoms with Crippen LogP contribution in [0.4, 0.5) is 5.82 Å². The summed E-state index contributed by atoms with van der Waals surface area (Å²) in [4.78, 5) is 10.6. The molecular formula is C17H23N3O2. The number of nitrogens with zero attached hydrogens (tertiary/aromatic N) is 3. The SMILES string of the molecule is COc1ncccc1C.Cc1ccc(N2CCOCC2)nc1. The van der Waals surface area contributed by atoms with E-state index in [2.05, 4.69) is 33.9 Å². The summed E-state index contributed by atoms with van der Waals surface area (Å²) in [5.74, 6) is 1.77. The maximum absolute atomic E-state index is 5.28. The molecule has 0 spiro atoms. The Balaban J connectivity index is 0.000000172. The molecular weight excluding hydrogens is 278 g/mol. The van der Waals surface area contributed by atoms with Crippen LogP contribution in [0, 0.1) is 13.8 Å². The van der Waals surface area contributed by atoms with Crippen molar-refractivity contribution in [3.63, 3.8) is 0 Å². The fourth-order valence-corrected chi connectivity index (χ4v) is 2.12. The molecule has 5 nitrogen and oxygen atoms in total. The van der Waals surface area contributed by atoms with Crippen LogP contribution in [0.2, 0.25) is 0 Å². The Morgan fingerprint density at radius 1 is 1.09 bits per heavy atom. The largest absolute Gasteiger partial charge is 0.481 e. The van der Waals surface area contributed by atoms with Crippen molar-refractivity contribution in [1.29, 1.82) is 0 Å². The lowest BCUT2D eigenvalue weighted by molar-refractivity contribution is 0.122. The van der Waals surface area contributed by atoms with Gasteiger partial charge >= 0.3 is 0 Å². The minimum absolute atomic E-state index is 0.706. The molecule has 0 atom stereocenters. The normalized spacial score (nSPS) is 14.0. The Kier molecular flexibility index (Phi) is 6.15. The Morgan fingerprint density at radius 2 is 1.86 bits per heavy atom. The molecule has 3 rings (SSSR count). The van der Waals surface area contributed by atoms with Gasteiger partial charge in [-0.2, -0.15) is 0 Å². The number of hydrogen-bond donors (Lipinski definition) is 0. The predicted molar refractivity (Wildman–Crippen MR) is 87.5 cm³/mol. The first kappa shape index (κ1) is 16.2. The minimum atomic E-state index is 0.706. The third-order valence-electron chi connectivity index (χ3n) is 3.39. The van der Waals surface area contributed by atoms with Gasteiger partial charge in [-0.05, 0) is 31.5 Å². The van der Waals surface area contributed by atoms with Gasteiger partial charge in [0, 0.05) is 31.0 Å². The number of aryl methyl sites for hydroxylation is 2. The van der Waals surface area contributed by atoms with Crippen molar-refractivity contribution in [3.05, 3.63) is 47.8 Å². The van der Waals surface area contributed by atoms with E-state index in [0.29, 0.717) is 5.88 Å². The van der Waals surface area contributed by atoms with Gasteiger partial charge in [0.05, 0.1) is 20.3 Å². The molecule has 1 aliphatic heterocycles. The maximum atomic E-state index is 5.28. The summed E-state index contributed by atoms with van der Waals surface area (Å²) < 4.78 is 10.2. The molecule has 0 aromatic carbocycles. The molecule has 0 N–H and O–H groups in total. The quantitative estimate of drug-likeness (QED) is 0.853. The molecule has 118 valence electrons. The number of aromatic nitrogens is 2. The molecule has 2 aromatic heterocycles. The van der Waals surface area contributed by atoms with Crippen LogP contribution < -0.4 is 9.64 Å². The Labute approximate surface area is 131 Å². The highest BCUT2D eigenvalue weighted by Gasteiger charge is 2.11. The van der Waals surface area contributed by atoms with Crippen molar-refractivity contribution in [2.24, 2.45) is 0 Å². The molecule has 1 fully saturated rings. The van der Waals surface area contributed by atoms with Crippen LogP contribution in [-0.4, -0.2) is 43.4 Å². The zero-order valence-corrected chi connectivity index (χ0v) is 13.5. The highest BCUT2D eigenvalue weighted by atomic mass is 16.5. The van der Waals surface area contributed by atoms with Gasteiger partial charge in [0.25, 0.3) is 0 Å². The van der Waals surface area contributed by atoms with Gasteiger partial charge in [0.1, 0.15) is 5.82 Å². The fourth-order valence-electron chi connectivity index (χ4n) is 2.12. The van der Waals surface area contributed by atoms with Crippen LogP contribution >= 0.6 is 0 Å². The van der Waals surface area contributed by atoms with Gasteiger partial charge in [-0.25, -0.2) is 9.97 Å². The van der Waals surface area contributed by atoms with Crippen LogP contribution in [0.3, 0.4) is 0 Å². The van der Waals surface area contributed by atoms with Crippen LogP contribution in [0.5, 0.6) is 5.88 Å². The molecule has 0 amide bonds. The first-order chi connectivity index (χ1) is 10.7. The lowest BCUT2D eigenvalue weighted by Crippen LogP contribution is -2.36. The molecule has 2 aromatic rings. The van der Waals surface area contributed by atoms with E-state index in [1.807, 2.05) is 25.3 Å². The third kappa shape index (κ3) is 4.70. The molecule has 22 heavy (non-hydrogen) atoms. The highest BCUT2D eigenvalue weighted by molar-refractivity contribution is 5.39. The molecule has 0 unspecified atom stereocenters. The first-order valence-electron chi connectivity index (χ1n) is 7.41. The molecule has 0 radical (unpaired) electrons. The highest BCUT2D eigenvalue weighted by Crippen LogP contribution is 2.12. The van der Waals surface area contributed by atoms with E-state index in [1.54, 1.807) is 13.3 Å². The van der Waals surface area contributed by atoms with Crippen molar-refractivity contribution >= 4 is 5.82 Å². The molecule has 0 saturated carbocycles. The van der Waals surface area contributed by atoms with Crippen molar-refractivity contribution in [2.45, 2.75) is 13.8 Å². The van der Waals surface area contributed by atoms with Gasteiger partial charge in [-0.1, -0.05) is 12.1 Å². The van der Waals surface area contributed by atoms with Crippen LogP contribution in [0.25, 0.3) is 0 Å². The summed E-state index contributed by atoms with van der Waals surface area (Å²) in [6.07, 6.45) is 3.62. The Bertz CT molecular complexity index is 566. The monoisotopic (exact) mass is 301 g/mol. The van der Waals surface area contributed by atoms with Gasteiger partial charge in [-0.15, -0.1) is 0 Å². The second-order valence-electron chi connectivity index (χ2n) is 5.12. The van der Waals surface area contributed by atoms with Gasteiger partial charge in [0.2, 0.25) is 5.88 Å². The number of methoxy groups -OCH3 is 1. The van der Waals surface area contributed by atoms with Crippen LogP contribution in [0.1, 0.15) is 11.1 Å². The first-order valence-corrected chi connectivity index (χ1v) is 7.41. The lowest BCUT2D eigenvalue weighted by Gasteiger charge is -2.27. The van der Waals surface area contributed by atoms with Crippen LogP contribution in [-0.2, 0) is 4.74 Å². The summed E-state index contributed by atoms with van der Waals surface area (Å²) in [5, 5.41) is 0. The number of rotatable bonds is 2. The van der Waals surface area contributed by atoms with Gasteiger partial charge in [-0.3, -0.25) is 0 Å².